The number of halogens is 1. The zero-order valence-electron chi connectivity index (χ0n) is 9.14. The zero-order chi connectivity index (χ0) is 12.3. The van der Waals surface area contributed by atoms with Gasteiger partial charge in [-0.2, -0.15) is 4.98 Å². The van der Waals surface area contributed by atoms with Gasteiger partial charge in [0.2, 0.25) is 0 Å². The number of rotatable bonds is 3. The Morgan fingerprint density at radius 3 is 2.94 bits per heavy atom. The van der Waals surface area contributed by atoms with Crippen LogP contribution >= 0.6 is 11.6 Å². The first kappa shape index (κ1) is 11.8. The second-order valence-corrected chi connectivity index (χ2v) is 4.15. The maximum atomic E-state index is 11.3. The third-order valence-electron chi connectivity index (χ3n) is 2.39. The lowest BCUT2D eigenvalue weighted by atomic mass is 10.2. The lowest BCUT2D eigenvalue weighted by Gasteiger charge is -2.07. The van der Waals surface area contributed by atoms with E-state index >= 15 is 0 Å². The first-order chi connectivity index (χ1) is 8.19. The molecule has 0 amide bonds. The van der Waals surface area contributed by atoms with Crippen molar-refractivity contribution in [1.29, 1.82) is 0 Å². The predicted octanol–water partition coefficient (Wildman–Crippen LogP) is 1.40. The highest BCUT2D eigenvalue weighted by atomic mass is 35.5. The van der Waals surface area contributed by atoms with E-state index in [1.165, 1.54) is 6.33 Å². The lowest BCUT2D eigenvalue weighted by molar-refractivity contribution is 0.743. The number of hydrogen-bond donors (Lipinski definition) is 1. The van der Waals surface area contributed by atoms with Crippen molar-refractivity contribution in [3.63, 3.8) is 0 Å². The van der Waals surface area contributed by atoms with Crippen LogP contribution in [0.1, 0.15) is 11.1 Å². The van der Waals surface area contributed by atoms with Gasteiger partial charge in [-0.05, 0) is 17.7 Å². The Bertz CT molecular complexity index is 580. The molecule has 1 aromatic heterocycles. The van der Waals surface area contributed by atoms with E-state index in [9.17, 15) is 4.79 Å². The minimum Gasteiger partial charge on any atom is -0.334 e. The lowest BCUT2D eigenvalue weighted by Crippen LogP contribution is -2.19. The van der Waals surface area contributed by atoms with Crippen LogP contribution in [-0.2, 0) is 13.1 Å². The molecule has 5 heteroatoms. The summed E-state index contributed by atoms with van der Waals surface area (Å²) in [5.74, 6) is 0. The quantitative estimate of drug-likeness (QED) is 0.895. The zero-order valence-corrected chi connectivity index (χ0v) is 9.89. The molecule has 0 aliphatic carbocycles. The molecule has 1 heterocycles. The molecule has 88 valence electrons. The molecule has 2 aromatic rings. The summed E-state index contributed by atoms with van der Waals surface area (Å²) < 4.78 is 1.81. The van der Waals surface area contributed by atoms with Crippen molar-refractivity contribution in [2.75, 3.05) is 0 Å². The van der Waals surface area contributed by atoms with Crippen LogP contribution in [0.3, 0.4) is 0 Å². The third kappa shape index (κ3) is 2.93. The van der Waals surface area contributed by atoms with E-state index in [0.29, 0.717) is 17.1 Å². The Labute approximate surface area is 104 Å². The molecule has 2 N–H and O–H groups in total. The molecule has 1 aromatic carbocycles. The summed E-state index contributed by atoms with van der Waals surface area (Å²) in [5, 5.41) is 0.690. The van der Waals surface area contributed by atoms with Crippen molar-refractivity contribution in [1.82, 2.24) is 9.55 Å². The molecule has 0 radical (unpaired) electrons. The van der Waals surface area contributed by atoms with E-state index in [1.807, 2.05) is 28.8 Å². The van der Waals surface area contributed by atoms with Gasteiger partial charge >= 0.3 is 0 Å². The summed E-state index contributed by atoms with van der Waals surface area (Å²) in [6.07, 6.45) is 3.22. The average molecular weight is 250 g/mol. The summed E-state index contributed by atoms with van der Waals surface area (Å²) >= 11 is 5.90. The molecule has 0 spiro atoms. The van der Waals surface area contributed by atoms with E-state index in [4.69, 9.17) is 17.3 Å². The van der Waals surface area contributed by atoms with E-state index in [1.54, 1.807) is 6.20 Å². The number of nitrogens with two attached hydrogens (primary N) is 1. The minimum absolute atomic E-state index is 0.197. The van der Waals surface area contributed by atoms with Crippen molar-refractivity contribution >= 4 is 11.6 Å². The van der Waals surface area contributed by atoms with Gasteiger partial charge in [-0.25, -0.2) is 0 Å². The Balaban J connectivity index is 2.27. The molecular weight excluding hydrogens is 238 g/mol. The van der Waals surface area contributed by atoms with Gasteiger partial charge in [-0.15, -0.1) is 0 Å². The van der Waals surface area contributed by atoms with Crippen molar-refractivity contribution in [2.45, 2.75) is 13.1 Å². The first-order valence-corrected chi connectivity index (χ1v) is 5.56. The van der Waals surface area contributed by atoms with Crippen molar-refractivity contribution in [2.24, 2.45) is 5.73 Å². The largest absolute Gasteiger partial charge is 0.334 e. The van der Waals surface area contributed by atoms with Crippen molar-refractivity contribution in [3.8, 4) is 0 Å². The van der Waals surface area contributed by atoms with Gasteiger partial charge in [-0.1, -0.05) is 23.7 Å². The van der Waals surface area contributed by atoms with Gasteiger partial charge in [0.1, 0.15) is 0 Å². The normalized spacial score (nSPS) is 10.5. The van der Waals surface area contributed by atoms with Crippen LogP contribution < -0.4 is 11.3 Å². The van der Waals surface area contributed by atoms with E-state index in [-0.39, 0.29) is 12.1 Å². The van der Waals surface area contributed by atoms with Crippen LogP contribution in [0.5, 0.6) is 0 Å². The second-order valence-electron chi connectivity index (χ2n) is 3.71. The highest BCUT2D eigenvalue weighted by Gasteiger charge is 2.00. The van der Waals surface area contributed by atoms with E-state index in [0.717, 1.165) is 5.56 Å². The predicted molar refractivity (Wildman–Crippen MR) is 66.9 cm³/mol. The average Bonchev–Trinajstić information content (AvgIpc) is 2.32. The van der Waals surface area contributed by atoms with Crippen molar-refractivity contribution in [3.05, 3.63) is 63.3 Å². The molecule has 4 nitrogen and oxygen atoms in total. The van der Waals surface area contributed by atoms with E-state index in [2.05, 4.69) is 4.98 Å². The van der Waals surface area contributed by atoms with Gasteiger partial charge in [0.25, 0.3) is 5.56 Å². The standard InChI is InChI=1S/C12H12ClN3O/c13-11-3-1-2-9(4-11)6-16-7-10(5-14)12(17)15-8-16/h1-4,7-8H,5-6,14H2. The van der Waals surface area contributed by atoms with Crippen LogP contribution in [0.15, 0.2) is 41.6 Å². The first-order valence-electron chi connectivity index (χ1n) is 5.18. The molecule has 0 unspecified atom stereocenters. The summed E-state index contributed by atoms with van der Waals surface area (Å²) in [4.78, 5) is 15.0. The molecule has 0 fully saturated rings. The van der Waals surface area contributed by atoms with Gasteiger partial charge in [0, 0.05) is 29.9 Å². The third-order valence-corrected chi connectivity index (χ3v) is 2.63. The van der Waals surface area contributed by atoms with Crippen LogP contribution in [0.4, 0.5) is 0 Å². The minimum atomic E-state index is -0.269. The van der Waals surface area contributed by atoms with Crippen LogP contribution in [0, 0.1) is 0 Å². The van der Waals surface area contributed by atoms with Crippen LogP contribution in [0.25, 0.3) is 0 Å². The summed E-state index contributed by atoms with van der Waals surface area (Å²) in [5.41, 5.74) is 6.75. The molecule has 0 atom stereocenters. The summed E-state index contributed by atoms with van der Waals surface area (Å²) in [6, 6.07) is 7.55. The topological polar surface area (TPSA) is 60.9 Å². The number of hydrogen-bond acceptors (Lipinski definition) is 3. The fourth-order valence-corrected chi connectivity index (χ4v) is 1.78. The second kappa shape index (κ2) is 5.12. The SMILES string of the molecule is NCc1cn(Cc2cccc(Cl)c2)cnc1=O. The fourth-order valence-electron chi connectivity index (χ4n) is 1.57. The highest BCUT2D eigenvalue weighted by Crippen LogP contribution is 2.11. The van der Waals surface area contributed by atoms with Gasteiger partial charge in [0.15, 0.2) is 0 Å². The Hall–Kier alpha value is -1.65. The van der Waals surface area contributed by atoms with E-state index < -0.39 is 0 Å². The molecule has 0 saturated heterocycles. The highest BCUT2D eigenvalue weighted by molar-refractivity contribution is 6.30. The fraction of sp³-hybridized carbons (Fsp3) is 0.167. The molecule has 0 saturated carbocycles. The van der Waals surface area contributed by atoms with Crippen LogP contribution in [-0.4, -0.2) is 9.55 Å². The maximum Gasteiger partial charge on any atom is 0.277 e. The van der Waals surface area contributed by atoms with Gasteiger partial charge in [0.05, 0.1) is 6.33 Å². The number of nitrogens with zero attached hydrogens (tertiary/aromatic N) is 2. The number of benzene rings is 1. The Morgan fingerprint density at radius 2 is 2.24 bits per heavy atom. The van der Waals surface area contributed by atoms with Gasteiger partial charge in [-0.3, -0.25) is 4.79 Å². The van der Waals surface area contributed by atoms with Gasteiger partial charge < -0.3 is 10.3 Å². The molecule has 17 heavy (non-hydrogen) atoms. The molecule has 0 bridgehead atoms. The smallest absolute Gasteiger partial charge is 0.277 e. The monoisotopic (exact) mass is 249 g/mol. The summed E-state index contributed by atoms with van der Waals surface area (Å²) in [6.45, 7) is 0.809. The molecule has 2 rings (SSSR count). The Morgan fingerprint density at radius 1 is 1.41 bits per heavy atom. The molecule has 0 aliphatic rings. The molecule has 0 aliphatic heterocycles. The summed E-state index contributed by atoms with van der Waals surface area (Å²) in [7, 11) is 0. The van der Waals surface area contributed by atoms with Crippen LogP contribution in [0.2, 0.25) is 5.02 Å². The van der Waals surface area contributed by atoms with Crippen molar-refractivity contribution < 1.29 is 0 Å². The number of aromatic nitrogens is 2. The Kier molecular flexibility index (Phi) is 3.56. The maximum absolute atomic E-state index is 11.3. The molecular formula is C12H12ClN3O.